The fourth-order valence-corrected chi connectivity index (χ4v) is 3.44. The lowest BCUT2D eigenvalue weighted by molar-refractivity contribution is 0.0740. The molecule has 0 aliphatic carbocycles. The molecule has 0 spiro atoms. The summed E-state index contributed by atoms with van der Waals surface area (Å²) in [6, 6.07) is 12.0. The molecule has 9 heteroatoms. The summed E-state index contributed by atoms with van der Waals surface area (Å²) in [5.41, 5.74) is 6.43. The number of anilines is 2. The predicted molar refractivity (Wildman–Crippen MR) is 117 cm³/mol. The molecule has 3 aromatic rings. The Labute approximate surface area is 179 Å². The highest BCUT2D eigenvalue weighted by Crippen LogP contribution is 2.29. The standard InChI is InChI=1S/C22H23N5O4/c1-30-19-12-21(23)25-13-17(19)26-7-9-27(10-8-26)22(29)16-11-18(28)20(14-24-16)31-15-5-3-2-4-6-15/h2-6,11-14H,7-10H2,1H3,(H2,23,25)(H,24,28). The monoisotopic (exact) mass is 421 g/mol. The molecule has 0 saturated carbocycles. The number of methoxy groups -OCH3 is 1. The number of aromatic amines is 1. The van der Waals surface area contributed by atoms with E-state index in [1.54, 1.807) is 36.4 Å². The highest BCUT2D eigenvalue weighted by Gasteiger charge is 2.25. The van der Waals surface area contributed by atoms with E-state index in [1.165, 1.54) is 12.3 Å². The van der Waals surface area contributed by atoms with Gasteiger partial charge < -0.3 is 30.0 Å². The van der Waals surface area contributed by atoms with E-state index < -0.39 is 0 Å². The molecule has 31 heavy (non-hydrogen) atoms. The van der Waals surface area contributed by atoms with Gasteiger partial charge in [-0.25, -0.2) is 4.98 Å². The topological polar surface area (TPSA) is 114 Å². The van der Waals surface area contributed by atoms with E-state index in [9.17, 15) is 9.59 Å². The number of piperazine rings is 1. The van der Waals surface area contributed by atoms with Gasteiger partial charge in [-0.2, -0.15) is 0 Å². The van der Waals surface area contributed by atoms with Crippen LogP contribution in [0.25, 0.3) is 0 Å². The van der Waals surface area contributed by atoms with Crippen LogP contribution < -0.4 is 25.5 Å². The second-order valence-corrected chi connectivity index (χ2v) is 7.05. The number of nitrogen functional groups attached to an aromatic ring is 1. The molecule has 1 aromatic carbocycles. The van der Waals surface area contributed by atoms with Gasteiger partial charge in [-0.15, -0.1) is 0 Å². The Bertz CT molecular complexity index is 1120. The Morgan fingerprint density at radius 3 is 2.52 bits per heavy atom. The Morgan fingerprint density at radius 1 is 1.10 bits per heavy atom. The molecular formula is C22H23N5O4. The third kappa shape index (κ3) is 4.45. The summed E-state index contributed by atoms with van der Waals surface area (Å²) in [6.45, 7) is 2.20. The van der Waals surface area contributed by atoms with Gasteiger partial charge in [0.25, 0.3) is 5.91 Å². The fourth-order valence-electron chi connectivity index (χ4n) is 3.44. The van der Waals surface area contributed by atoms with Crippen molar-refractivity contribution in [1.29, 1.82) is 0 Å². The van der Waals surface area contributed by atoms with Crippen molar-refractivity contribution >= 4 is 17.4 Å². The predicted octanol–water partition coefficient (Wildman–Crippen LogP) is 2.12. The molecule has 3 heterocycles. The van der Waals surface area contributed by atoms with Gasteiger partial charge in [0, 0.05) is 44.5 Å². The maximum Gasteiger partial charge on any atom is 0.270 e. The van der Waals surface area contributed by atoms with Crippen molar-refractivity contribution < 1.29 is 14.3 Å². The maximum atomic E-state index is 12.9. The zero-order valence-electron chi connectivity index (χ0n) is 17.1. The van der Waals surface area contributed by atoms with Crippen LogP contribution in [-0.4, -0.2) is 54.1 Å². The number of nitrogens with two attached hydrogens (primary N) is 1. The van der Waals surface area contributed by atoms with Gasteiger partial charge in [0.1, 0.15) is 23.0 Å². The number of nitrogens with one attached hydrogen (secondary N) is 1. The Hall–Kier alpha value is -4.01. The van der Waals surface area contributed by atoms with E-state index in [4.69, 9.17) is 15.2 Å². The number of nitrogens with zero attached hydrogens (tertiary/aromatic N) is 3. The number of aromatic nitrogens is 2. The van der Waals surface area contributed by atoms with Crippen molar-refractivity contribution in [3.8, 4) is 17.2 Å². The minimum Gasteiger partial charge on any atom is -0.494 e. The maximum absolute atomic E-state index is 12.9. The number of ether oxygens (including phenoxy) is 2. The second-order valence-electron chi connectivity index (χ2n) is 7.05. The molecular weight excluding hydrogens is 398 g/mol. The fraction of sp³-hybridized carbons (Fsp3) is 0.227. The molecule has 160 valence electrons. The Morgan fingerprint density at radius 2 is 1.84 bits per heavy atom. The van der Waals surface area contributed by atoms with Gasteiger partial charge in [0.05, 0.1) is 19.0 Å². The van der Waals surface area contributed by atoms with Crippen LogP contribution >= 0.6 is 0 Å². The lowest BCUT2D eigenvalue weighted by Crippen LogP contribution is -2.49. The van der Waals surface area contributed by atoms with E-state index in [2.05, 4.69) is 14.9 Å². The molecule has 1 fully saturated rings. The van der Waals surface area contributed by atoms with Crippen LogP contribution in [0.4, 0.5) is 11.5 Å². The van der Waals surface area contributed by atoms with E-state index in [1.807, 2.05) is 18.2 Å². The molecule has 3 N–H and O–H groups in total. The molecule has 0 radical (unpaired) electrons. The number of para-hydroxylation sites is 1. The zero-order valence-corrected chi connectivity index (χ0v) is 17.1. The first-order valence-electron chi connectivity index (χ1n) is 9.84. The third-order valence-corrected chi connectivity index (χ3v) is 5.07. The van der Waals surface area contributed by atoms with Crippen molar-refractivity contribution in [2.45, 2.75) is 0 Å². The molecule has 4 rings (SSSR count). The van der Waals surface area contributed by atoms with E-state index in [0.29, 0.717) is 43.5 Å². The second kappa shape index (κ2) is 8.78. The van der Waals surface area contributed by atoms with Gasteiger partial charge in [-0.3, -0.25) is 9.59 Å². The quantitative estimate of drug-likeness (QED) is 0.649. The van der Waals surface area contributed by atoms with Crippen molar-refractivity contribution in [1.82, 2.24) is 14.9 Å². The SMILES string of the molecule is COc1cc(N)ncc1N1CCN(C(=O)c2cc(=O)c(Oc3ccccc3)c[nH]2)CC1. The minimum absolute atomic E-state index is 0.135. The van der Waals surface area contributed by atoms with Gasteiger partial charge >= 0.3 is 0 Å². The smallest absolute Gasteiger partial charge is 0.270 e. The van der Waals surface area contributed by atoms with Crippen LogP contribution in [0.15, 0.2) is 59.7 Å². The summed E-state index contributed by atoms with van der Waals surface area (Å²) in [7, 11) is 1.58. The largest absolute Gasteiger partial charge is 0.494 e. The van der Waals surface area contributed by atoms with Crippen LogP contribution in [0.5, 0.6) is 17.2 Å². The zero-order chi connectivity index (χ0) is 21.8. The van der Waals surface area contributed by atoms with Gasteiger partial charge in [-0.1, -0.05) is 18.2 Å². The van der Waals surface area contributed by atoms with Crippen molar-refractivity contribution in [3.05, 3.63) is 70.8 Å². The summed E-state index contributed by atoms with van der Waals surface area (Å²) in [6.07, 6.45) is 3.10. The summed E-state index contributed by atoms with van der Waals surface area (Å²) in [5.74, 6) is 1.49. The first kappa shape index (κ1) is 20.3. The lowest BCUT2D eigenvalue weighted by Gasteiger charge is -2.36. The minimum atomic E-state index is -0.359. The number of hydrogen-bond donors (Lipinski definition) is 2. The Balaban J connectivity index is 1.42. The van der Waals surface area contributed by atoms with Crippen LogP contribution in [0, 0.1) is 0 Å². The average Bonchev–Trinajstić information content (AvgIpc) is 2.80. The number of H-pyrrole nitrogens is 1. The van der Waals surface area contributed by atoms with Crippen LogP contribution in [-0.2, 0) is 0 Å². The summed E-state index contributed by atoms with van der Waals surface area (Å²) >= 11 is 0. The number of benzene rings is 1. The van der Waals surface area contributed by atoms with E-state index >= 15 is 0 Å². The van der Waals surface area contributed by atoms with Gasteiger partial charge in [0.2, 0.25) is 5.43 Å². The average molecular weight is 421 g/mol. The van der Waals surface area contributed by atoms with Gasteiger partial charge in [-0.05, 0) is 12.1 Å². The van der Waals surface area contributed by atoms with E-state index in [0.717, 1.165) is 5.69 Å². The normalized spacial score (nSPS) is 13.7. The molecule has 1 saturated heterocycles. The molecule has 0 unspecified atom stereocenters. The summed E-state index contributed by atoms with van der Waals surface area (Å²) < 4.78 is 11.0. The number of hydrogen-bond acceptors (Lipinski definition) is 7. The highest BCUT2D eigenvalue weighted by molar-refractivity contribution is 5.92. The van der Waals surface area contributed by atoms with Gasteiger partial charge in [0.15, 0.2) is 5.75 Å². The first-order chi connectivity index (χ1) is 15.0. The molecule has 0 bridgehead atoms. The molecule has 1 aliphatic rings. The van der Waals surface area contributed by atoms with Crippen LogP contribution in [0.2, 0.25) is 0 Å². The number of carbonyl (C=O) groups is 1. The number of carbonyl (C=O) groups excluding carboxylic acids is 1. The Kier molecular flexibility index (Phi) is 5.74. The molecule has 2 aromatic heterocycles. The van der Waals surface area contributed by atoms with E-state index in [-0.39, 0.29) is 22.8 Å². The lowest BCUT2D eigenvalue weighted by atomic mass is 10.2. The first-order valence-corrected chi connectivity index (χ1v) is 9.84. The van der Waals surface area contributed by atoms with Crippen molar-refractivity contribution in [2.75, 3.05) is 43.9 Å². The number of amides is 1. The summed E-state index contributed by atoms with van der Waals surface area (Å²) in [4.78, 5) is 36.1. The molecule has 1 aliphatic heterocycles. The van der Waals surface area contributed by atoms with Crippen molar-refractivity contribution in [2.24, 2.45) is 0 Å². The third-order valence-electron chi connectivity index (χ3n) is 5.07. The number of pyridine rings is 2. The molecule has 0 atom stereocenters. The van der Waals surface area contributed by atoms with Crippen LogP contribution in [0.1, 0.15) is 10.5 Å². The highest BCUT2D eigenvalue weighted by atomic mass is 16.5. The van der Waals surface area contributed by atoms with Crippen LogP contribution in [0.3, 0.4) is 0 Å². The van der Waals surface area contributed by atoms with Crippen molar-refractivity contribution in [3.63, 3.8) is 0 Å². The molecule has 1 amide bonds. The summed E-state index contributed by atoms with van der Waals surface area (Å²) in [5, 5.41) is 0. The molecule has 9 nitrogen and oxygen atoms in total. The number of rotatable bonds is 5.